The van der Waals surface area contributed by atoms with Crippen LogP contribution in [0, 0.1) is 11.8 Å². The number of ether oxygens (including phenoxy) is 1. The Labute approximate surface area is 131 Å². The molecule has 0 saturated heterocycles. The summed E-state index contributed by atoms with van der Waals surface area (Å²) in [6.45, 7) is 13.1. The molecule has 116 valence electrons. The highest BCUT2D eigenvalue weighted by molar-refractivity contribution is 6.74. The molecule has 0 spiro atoms. The third-order valence-electron chi connectivity index (χ3n) is 3.91. The lowest BCUT2D eigenvalue weighted by Crippen LogP contribution is -2.40. The van der Waals surface area contributed by atoms with E-state index in [4.69, 9.17) is 9.16 Å². The van der Waals surface area contributed by atoms with Gasteiger partial charge in [-0.25, -0.2) is 0 Å². The summed E-state index contributed by atoms with van der Waals surface area (Å²) >= 11 is 0. The van der Waals surface area contributed by atoms with E-state index in [0.29, 0.717) is 13.2 Å². The largest absolute Gasteiger partial charge is 0.416 e. The van der Waals surface area contributed by atoms with Gasteiger partial charge in [-0.15, -0.1) is 0 Å². The molecule has 0 amide bonds. The molecule has 0 N–H and O–H groups in total. The third kappa shape index (κ3) is 6.95. The second kappa shape index (κ2) is 8.38. The maximum Gasteiger partial charge on any atom is 0.192 e. The Kier molecular flexibility index (Phi) is 7.17. The average Bonchev–Trinajstić information content (AvgIpc) is 2.41. The molecule has 0 saturated carbocycles. The molecule has 0 fully saturated rings. The summed E-state index contributed by atoms with van der Waals surface area (Å²) in [5.41, 5.74) is 1.18. The van der Waals surface area contributed by atoms with Gasteiger partial charge in [0.2, 0.25) is 0 Å². The molecule has 0 atom stereocenters. The van der Waals surface area contributed by atoms with Crippen LogP contribution in [0.4, 0.5) is 0 Å². The second-order valence-corrected chi connectivity index (χ2v) is 11.5. The van der Waals surface area contributed by atoms with Gasteiger partial charge in [0, 0.05) is 13.0 Å². The number of hydrogen-bond donors (Lipinski definition) is 0. The molecular formula is C18H28O2Si. The molecule has 0 heterocycles. The Balaban J connectivity index is 2.14. The van der Waals surface area contributed by atoms with Gasteiger partial charge in [-0.3, -0.25) is 0 Å². The highest BCUT2D eigenvalue weighted by Gasteiger charge is 2.36. The minimum atomic E-state index is -1.62. The fraction of sp³-hybridized carbons (Fsp3) is 0.556. The smallest absolute Gasteiger partial charge is 0.192 e. The van der Waals surface area contributed by atoms with Gasteiger partial charge in [0.25, 0.3) is 0 Å². The minimum Gasteiger partial charge on any atom is -0.416 e. The van der Waals surface area contributed by atoms with Crippen molar-refractivity contribution in [2.45, 2.75) is 51.9 Å². The predicted molar refractivity (Wildman–Crippen MR) is 91.6 cm³/mol. The zero-order chi connectivity index (χ0) is 15.8. The maximum atomic E-state index is 6.07. The van der Waals surface area contributed by atoms with Crippen LogP contribution in [0.25, 0.3) is 0 Å². The van der Waals surface area contributed by atoms with Crippen molar-refractivity contribution in [2.24, 2.45) is 0 Å². The van der Waals surface area contributed by atoms with Crippen molar-refractivity contribution in [3.63, 3.8) is 0 Å². The van der Waals surface area contributed by atoms with Crippen molar-refractivity contribution < 1.29 is 9.16 Å². The molecule has 0 aromatic heterocycles. The first-order valence-corrected chi connectivity index (χ1v) is 10.4. The van der Waals surface area contributed by atoms with E-state index in [9.17, 15) is 0 Å². The first kappa shape index (κ1) is 18.0. The van der Waals surface area contributed by atoms with Crippen molar-refractivity contribution in [3.05, 3.63) is 35.9 Å². The minimum absolute atomic E-state index is 0.263. The Bertz CT molecular complexity index is 463. The van der Waals surface area contributed by atoms with Crippen LogP contribution in [0.2, 0.25) is 18.1 Å². The summed E-state index contributed by atoms with van der Waals surface area (Å²) < 4.78 is 11.6. The molecule has 1 aromatic rings. The lowest BCUT2D eigenvalue weighted by molar-refractivity contribution is 0.153. The Morgan fingerprint density at radius 3 is 2.33 bits per heavy atom. The van der Waals surface area contributed by atoms with Crippen molar-refractivity contribution >= 4 is 8.32 Å². The van der Waals surface area contributed by atoms with Crippen LogP contribution < -0.4 is 0 Å². The molecule has 0 aliphatic carbocycles. The Morgan fingerprint density at radius 1 is 1.05 bits per heavy atom. The van der Waals surface area contributed by atoms with Crippen molar-refractivity contribution in [3.8, 4) is 11.8 Å². The van der Waals surface area contributed by atoms with Gasteiger partial charge in [0.15, 0.2) is 8.32 Å². The van der Waals surface area contributed by atoms with Gasteiger partial charge in [0.05, 0.1) is 6.61 Å². The monoisotopic (exact) mass is 304 g/mol. The zero-order valence-electron chi connectivity index (χ0n) is 14.0. The van der Waals surface area contributed by atoms with Gasteiger partial charge in [-0.2, -0.15) is 0 Å². The molecule has 3 heteroatoms. The fourth-order valence-electron chi connectivity index (χ4n) is 1.51. The van der Waals surface area contributed by atoms with Crippen LogP contribution in [0.5, 0.6) is 0 Å². The van der Waals surface area contributed by atoms with Crippen LogP contribution in [-0.4, -0.2) is 21.5 Å². The van der Waals surface area contributed by atoms with Gasteiger partial charge in [0.1, 0.15) is 6.61 Å². The van der Waals surface area contributed by atoms with E-state index in [1.165, 1.54) is 5.56 Å². The molecule has 0 bridgehead atoms. The van der Waals surface area contributed by atoms with E-state index in [1.54, 1.807) is 0 Å². The number of hydrogen-bond acceptors (Lipinski definition) is 2. The molecule has 0 radical (unpaired) electrons. The van der Waals surface area contributed by atoms with E-state index in [-0.39, 0.29) is 5.04 Å². The van der Waals surface area contributed by atoms with Gasteiger partial charge in [-0.05, 0) is 23.7 Å². The van der Waals surface area contributed by atoms with Crippen molar-refractivity contribution in [2.75, 3.05) is 13.2 Å². The van der Waals surface area contributed by atoms with Gasteiger partial charge in [-0.1, -0.05) is 62.9 Å². The summed E-state index contributed by atoms with van der Waals surface area (Å²) in [5.74, 6) is 6.16. The van der Waals surface area contributed by atoms with Gasteiger partial charge < -0.3 is 9.16 Å². The highest BCUT2D eigenvalue weighted by Crippen LogP contribution is 2.36. The van der Waals surface area contributed by atoms with Crippen LogP contribution >= 0.6 is 0 Å². The Morgan fingerprint density at radius 2 is 1.71 bits per heavy atom. The molecule has 21 heavy (non-hydrogen) atoms. The SMILES string of the molecule is CC(C)(C)[Si](C)(C)OCCC#CCOCc1ccccc1. The fourth-order valence-corrected chi connectivity index (χ4v) is 2.55. The summed E-state index contributed by atoms with van der Waals surface area (Å²) in [4.78, 5) is 0. The molecule has 0 aliphatic rings. The maximum absolute atomic E-state index is 6.07. The third-order valence-corrected chi connectivity index (χ3v) is 8.45. The highest BCUT2D eigenvalue weighted by atomic mass is 28.4. The predicted octanol–water partition coefficient (Wildman–Crippen LogP) is 4.62. The van der Waals surface area contributed by atoms with Crippen molar-refractivity contribution in [1.82, 2.24) is 0 Å². The average molecular weight is 305 g/mol. The van der Waals surface area contributed by atoms with Crippen LogP contribution in [0.1, 0.15) is 32.8 Å². The van der Waals surface area contributed by atoms with Crippen LogP contribution in [-0.2, 0) is 15.8 Å². The van der Waals surface area contributed by atoms with Crippen molar-refractivity contribution in [1.29, 1.82) is 0 Å². The Hall–Kier alpha value is -1.08. The topological polar surface area (TPSA) is 18.5 Å². The van der Waals surface area contributed by atoms with Crippen LogP contribution in [0.15, 0.2) is 30.3 Å². The second-order valence-electron chi connectivity index (χ2n) is 6.69. The lowest BCUT2D eigenvalue weighted by atomic mass is 10.2. The summed E-state index contributed by atoms with van der Waals surface area (Å²) in [6, 6.07) is 10.2. The van der Waals surface area contributed by atoms with E-state index >= 15 is 0 Å². The lowest BCUT2D eigenvalue weighted by Gasteiger charge is -2.35. The summed E-state index contributed by atoms with van der Waals surface area (Å²) in [5, 5.41) is 0.263. The first-order valence-electron chi connectivity index (χ1n) is 7.54. The molecule has 0 unspecified atom stereocenters. The van der Waals surface area contributed by atoms with E-state index in [0.717, 1.165) is 13.0 Å². The normalized spacial score (nSPS) is 11.9. The number of rotatable bonds is 6. The first-order chi connectivity index (χ1) is 9.83. The standard InChI is InChI=1S/C18H28O2Si/c1-18(2,3)21(4,5)20-15-11-7-10-14-19-16-17-12-8-6-9-13-17/h6,8-9,12-13H,11,14-16H2,1-5H3. The molecule has 0 aliphatic heterocycles. The van der Waals surface area contributed by atoms with E-state index in [2.05, 4.69) is 57.8 Å². The molecule has 1 rings (SSSR count). The number of benzene rings is 1. The van der Waals surface area contributed by atoms with E-state index < -0.39 is 8.32 Å². The summed E-state index contributed by atoms with van der Waals surface area (Å²) in [6.07, 6.45) is 0.779. The molecule has 1 aromatic carbocycles. The quantitative estimate of drug-likeness (QED) is 0.434. The summed E-state index contributed by atoms with van der Waals surface area (Å²) in [7, 11) is -1.62. The molecule has 2 nitrogen and oxygen atoms in total. The molecular weight excluding hydrogens is 276 g/mol. The van der Waals surface area contributed by atoms with Gasteiger partial charge >= 0.3 is 0 Å². The van der Waals surface area contributed by atoms with Crippen LogP contribution in [0.3, 0.4) is 0 Å². The zero-order valence-corrected chi connectivity index (χ0v) is 15.0. The van der Waals surface area contributed by atoms with E-state index in [1.807, 2.05) is 18.2 Å².